The molecule has 0 saturated heterocycles. The maximum atomic E-state index is 6.04. The molecule has 3 heteroatoms. The number of hydrogen-bond donors (Lipinski definition) is 1. The van der Waals surface area contributed by atoms with Crippen LogP contribution in [-0.2, 0) is 6.42 Å². The zero-order chi connectivity index (χ0) is 13.8. The van der Waals surface area contributed by atoms with Gasteiger partial charge in [-0.05, 0) is 49.6 Å². The number of hydrogen-bond acceptors (Lipinski definition) is 2. The molecule has 0 aliphatic carbocycles. The highest BCUT2D eigenvalue weighted by Gasteiger charge is 2.08. The van der Waals surface area contributed by atoms with Gasteiger partial charge in [0, 0.05) is 10.5 Å². The molecule has 0 spiro atoms. The van der Waals surface area contributed by atoms with E-state index < -0.39 is 0 Å². The second-order valence-corrected chi connectivity index (χ2v) is 5.72. The molecular weight excluding hydrogens is 302 g/mol. The van der Waals surface area contributed by atoms with Gasteiger partial charge in [0.15, 0.2) is 0 Å². The molecule has 0 aliphatic heterocycles. The molecule has 0 saturated carbocycles. The molecule has 0 heterocycles. The zero-order valence-corrected chi connectivity index (χ0v) is 12.8. The van der Waals surface area contributed by atoms with E-state index >= 15 is 0 Å². The van der Waals surface area contributed by atoms with E-state index in [2.05, 4.69) is 22.0 Å². The Balaban J connectivity index is 2.30. The van der Waals surface area contributed by atoms with Crippen molar-refractivity contribution >= 4 is 15.9 Å². The molecule has 1 atom stereocenters. The van der Waals surface area contributed by atoms with Crippen LogP contribution in [0.2, 0.25) is 0 Å². The first kappa shape index (κ1) is 14.1. The van der Waals surface area contributed by atoms with E-state index in [0.29, 0.717) is 0 Å². The van der Waals surface area contributed by atoms with Crippen molar-refractivity contribution < 1.29 is 4.74 Å². The monoisotopic (exact) mass is 319 g/mol. The Hall–Kier alpha value is -1.32. The highest BCUT2D eigenvalue weighted by atomic mass is 79.9. The van der Waals surface area contributed by atoms with Crippen LogP contribution < -0.4 is 10.5 Å². The van der Waals surface area contributed by atoms with Crippen molar-refractivity contribution in [1.29, 1.82) is 0 Å². The number of para-hydroxylation sites is 1. The van der Waals surface area contributed by atoms with Gasteiger partial charge in [0.25, 0.3) is 0 Å². The lowest BCUT2D eigenvalue weighted by molar-refractivity contribution is 0.470. The molecule has 0 aliphatic rings. The molecule has 0 fully saturated rings. The third kappa shape index (κ3) is 3.82. The van der Waals surface area contributed by atoms with Gasteiger partial charge in [-0.3, -0.25) is 0 Å². The minimum Gasteiger partial charge on any atom is -0.457 e. The third-order valence-electron chi connectivity index (χ3n) is 2.88. The van der Waals surface area contributed by atoms with Crippen LogP contribution in [0.25, 0.3) is 0 Å². The summed E-state index contributed by atoms with van der Waals surface area (Å²) < 4.78 is 7.05. The smallest absolute Gasteiger partial charge is 0.131 e. The van der Waals surface area contributed by atoms with E-state index in [1.807, 2.05) is 50.2 Å². The van der Waals surface area contributed by atoms with Crippen LogP contribution >= 0.6 is 15.9 Å². The van der Waals surface area contributed by atoms with Gasteiger partial charge >= 0.3 is 0 Å². The molecule has 0 aromatic heterocycles. The lowest BCUT2D eigenvalue weighted by atomic mass is 10.1. The Morgan fingerprint density at radius 1 is 1.16 bits per heavy atom. The van der Waals surface area contributed by atoms with Crippen molar-refractivity contribution in [3.63, 3.8) is 0 Å². The summed E-state index contributed by atoms with van der Waals surface area (Å²) in [7, 11) is 0. The van der Waals surface area contributed by atoms with E-state index in [1.54, 1.807) is 0 Å². The zero-order valence-electron chi connectivity index (χ0n) is 11.2. The molecule has 0 amide bonds. The molecule has 100 valence electrons. The van der Waals surface area contributed by atoms with Crippen LogP contribution in [0.5, 0.6) is 11.5 Å². The molecule has 1 unspecified atom stereocenters. The van der Waals surface area contributed by atoms with Gasteiger partial charge in [-0.15, -0.1) is 0 Å². The number of ether oxygens (including phenoxy) is 1. The molecule has 2 aromatic carbocycles. The summed E-state index contributed by atoms with van der Waals surface area (Å²) in [5.41, 5.74) is 8.12. The highest BCUT2D eigenvalue weighted by Crippen LogP contribution is 2.30. The minimum absolute atomic E-state index is 0.119. The summed E-state index contributed by atoms with van der Waals surface area (Å²) in [5, 5.41) is 0. The van der Waals surface area contributed by atoms with Gasteiger partial charge in [0.05, 0.1) is 0 Å². The Morgan fingerprint density at radius 2 is 1.89 bits per heavy atom. The Labute approximate surface area is 122 Å². The molecule has 2 N–H and O–H groups in total. The van der Waals surface area contributed by atoms with Crippen LogP contribution in [0, 0.1) is 6.92 Å². The maximum Gasteiger partial charge on any atom is 0.131 e. The summed E-state index contributed by atoms with van der Waals surface area (Å²) in [5.74, 6) is 1.74. The maximum absolute atomic E-state index is 6.04. The topological polar surface area (TPSA) is 35.2 Å². The van der Waals surface area contributed by atoms with Crippen molar-refractivity contribution in [3.8, 4) is 11.5 Å². The number of rotatable bonds is 4. The highest BCUT2D eigenvalue weighted by molar-refractivity contribution is 9.10. The van der Waals surface area contributed by atoms with Gasteiger partial charge in [-0.2, -0.15) is 0 Å². The second kappa shape index (κ2) is 6.22. The third-order valence-corrected chi connectivity index (χ3v) is 3.38. The molecule has 0 radical (unpaired) electrons. The average Bonchev–Trinajstić information content (AvgIpc) is 2.35. The summed E-state index contributed by atoms with van der Waals surface area (Å²) in [6, 6.07) is 14.2. The first-order valence-corrected chi connectivity index (χ1v) is 7.13. The molecule has 2 aromatic rings. The fourth-order valence-corrected chi connectivity index (χ4v) is 2.26. The molecule has 2 rings (SSSR count). The number of benzene rings is 2. The van der Waals surface area contributed by atoms with Crippen molar-refractivity contribution in [2.75, 3.05) is 0 Å². The van der Waals surface area contributed by atoms with Crippen molar-refractivity contribution in [2.24, 2.45) is 5.73 Å². The van der Waals surface area contributed by atoms with E-state index in [9.17, 15) is 0 Å². The van der Waals surface area contributed by atoms with Crippen LogP contribution in [0.15, 0.2) is 46.9 Å². The molecular formula is C16H18BrNO. The SMILES string of the molecule is Cc1ccc(Br)cc1Oc1ccccc1CC(C)N. The van der Waals surface area contributed by atoms with Crippen LogP contribution in [0.1, 0.15) is 18.1 Å². The predicted molar refractivity (Wildman–Crippen MR) is 82.7 cm³/mol. The standard InChI is InChI=1S/C16H18BrNO/c1-11-7-8-14(17)10-16(11)19-15-6-4-3-5-13(15)9-12(2)18/h3-8,10,12H,9,18H2,1-2H3. The quantitative estimate of drug-likeness (QED) is 0.904. The summed E-state index contributed by atoms with van der Waals surface area (Å²) in [6.07, 6.45) is 0.809. The van der Waals surface area contributed by atoms with Gasteiger partial charge in [0.2, 0.25) is 0 Å². The molecule has 19 heavy (non-hydrogen) atoms. The van der Waals surface area contributed by atoms with Crippen molar-refractivity contribution in [1.82, 2.24) is 0 Å². The average molecular weight is 320 g/mol. The normalized spacial score (nSPS) is 12.2. The van der Waals surface area contributed by atoms with E-state index in [4.69, 9.17) is 10.5 Å². The fourth-order valence-electron chi connectivity index (χ4n) is 1.92. The van der Waals surface area contributed by atoms with E-state index in [0.717, 1.165) is 33.5 Å². The Kier molecular flexibility index (Phi) is 4.61. The van der Waals surface area contributed by atoms with Gasteiger partial charge in [-0.1, -0.05) is 40.2 Å². The molecule has 2 nitrogen and oxygen atoms in total. The number of aryl methyl sites for hydroxylation is 1. The summed E-state index contributed by atoms with van der Waals surface area (Å²) in [4.78, 5) is 0. The Morgan fingerprint density at radius 3 is 2.63 bits per heavy atom. The number of halogens is 1. The second-order valence-electron chi connectivity index (χ2n) is 4.80. The lowest BCUT2D eigenvalue weighted by Crippen LogP contribution is -2.18. The van der Waals surface area contributed by atoms with Gasteiger partial charge in [0.1, 0.15) is 11.5 Å². The predicted octanol–water partition coefficient (Wildman–Crippen LogP) is 4.44. The lowest BCUT2D eigenvalue weighted by Gasteiger charge is -2.14. The largest absolute Gasteiger partial charge is 0.457 e. The van der Waals surface area contributed by atoms with Gasteiger partial charge in [-0.25, -0.2) is 0 Å². The first-order valence-electron chi connectivity index (χ1n) is 6.34. The Bertz CT molecular complexity index is 566. The fraction of sp³-hybridized carbons (Fsp3) is 0.250. The van der Waals surface area contributed by atoms with Crippen molar-refractivity contribution in [2.45, 2.75) is 26.3 Å². The van der Waals surface area contributed by atoms with E-state index in [1.165, 1.54) is 0 Å². The number of nitrogens with two attached hydrogens (primary N) is 1. The first-order chi connectivity index (χ1) is 9.06. The van der Waals surface area contributed by atoms with E-state index in [-0.39, 0.29) is 6.04 Å². The molecule has 0 bridgehead atoms. The summed E-state index contributed by atoms with van der Waals surface area (Å²) in [6.45, 7) is 4.04. The van der Waals surface area contributed by atoms with Gasteiger partial charge < -0.3 is 10.5 Å². The van der Waals surface area contributed by atoms with Crippen LogP contribution in [-0.4, -0.2) is 6.04 Å². The minimum atomic E-state index is 0.119. The summed E-state index contributed by atoms with van der Waals surface area (Å²) >= 11 is 3.47. The van der Waals surface area contributed by atoms with Crippen molar-refractivity contribution in [3.05, 3.63) is 58.1 Å². The van der Waals surface area contributed by atoms with Crippen LogP contribution in [0.4, 0.5) is 0 Å². The van der Waals surface area contributed by atoms with Crippen LogP contribution in [0.3, 0.4) is 0 Å².